The number of carbonyl (C=O) groups excluding carboxylic acids is 1. The first-order chi connectivity index (χ1) is 13.4. The molecule has 0 spiro atoms. The van der Waals surface area contributed by atoms with E-state index in [1.54, 1.807) is 0 Å². The second-order valence-electron chi connectivity index (χ2n) is 6.75. The number of hydrazine groups is 1. The summed E-state index contributed by atoms with van der Waals surface area (Å²) < 4.78 is 2.27. The van der Waals surface area contributed by atoms with Crippen LogP contribution in [-0.4, -0.2) is 26.7 Å². The van der Waals surface area contributed by atoms with Crippen molar-refractivity contribution in [3.05, 3.63) is 69.0 Å². The van der Waals surface area contributed by atoms with Gasteiger partial charge >= 0.3 is 5.69 Å². The molecule has 0 bridgehead atoms. The Labute approximate surface area is 168 Å². The van der Waals surface area contributed by atoms with Gasteiger partial charge in [0.1, 0.15) is 6.54 Å². The van der Waals surface area contributed by atoms with E-state index in [9.17, 15) is 14.4 Å². The van der Waals surface area contributed by atoms with Crippen LogP contribution in [0.1, 0.15) is 25.8 Å². The molecule has 28 heavy (non-hydrogen) atoms. The highest BCUT2D eigenvalue weighted by Crippen LogP contribution is 1.99. The minimum absolute atomic E-state index is 0.274. The lowest BCUT2D eigenvalue weighted by Gasteiger charge is -2.13. The van der Waals surface area contributed by atoms with Crippen LogP contribution in [0.5, 0.6) is 0 Å². The zero-order chi connectivity index (χ0) is 20.5. The van der Waals surface area contributed by atoms with Crippen molar-refractivity contribution >= 4 is 23.2 Å². The van der Waals surface area contributed by atoms with E-state index in [0.29, 0.717) is 19.0 Å². The molecule has 3 N–H and O–H groups in total. The standard InChI is InChI=1S/C19H25N5O3S/c1-14(2)8-10-20-18(28)22-21-16(25)13-24-17(26)9-11-23(19(24)27)12-15-6-4-3-5-7-15/h3-7,9,11,14H,8,10,12-13H2,1-2H3,(H,21,25)(H2,20,22,28). The van der Waals surface area contributed by atoms with E-state index in [2.05, 4.69) is 30.0 Å². The lowest BCUT2D eigenvalue weighted by molar-refractivity contribution is -0.122. The van der Waals surface area contributed by atoms with Gasteiger partial charge in [-0.05, 0) is 30.1 Å². The molecule has 1 amide bonds. The SMILES string of the molecule is CC(C)CCNC(=S)NNC(=O)Cn1c(=O)ccn(Cc2ccccc2)c1=O. The zero-order valence-electron chi connectivity index (χ0n) is 16.0. The minimum atomic E-state index is -0.552. The number of hydrogen-bond acceptors (Lipinski definition) is 4. The fourth-order valence-corrected chi connectivity index (χ4v) is 2.58. The molecule has 0 saturated heterocycles. The van der Waals surface area contributed by atoms with E-state index in [1.807, 2.05) is 30.3 Å². The summed E-state index contributed by atoms with van der Waals surface area (Å²) in [6.07, 6.45) is 2.37. The molecule has 0 fully saturated rings. The number of nitrogens with one attached hydrogen (secondary N) is 3. The van der Waals surface area contributed by atoms with Gasteiger partial charge in [-0.15, -0.1) is 0 Å². The summed E-state index contributed by atoms with van der Waals surface area (Å²) in [7, 11) is 0. The molecule has 0 aliphatic heterocycles. The lowest BCUT2D eigenvalue weighted by atomic mass is 10.1. The van der Waals surface area contributed by atoms with Crippen LogP contribution >= 0.6 is 12.2 Å². The quantitative estimate of drug-likeness (QED) is 0.463. The van der Waals surface area contributed by atoms with E-state index in [4.69, 9.17) is 12.2 Å². The first-order valence-corrected chi connectivity index (χ1v) is 9.44. The van der Waals surface area contributed by atoms with E-state index in [0.717, 1.165) is 16.6 Å². The van der Waals surface area contributed by atoms with Gasteiger partial charge in [-0.2, -0.15) is 0 Å². The summed E-state index contributed by atoms with van der Waals surface area (Å²) in [5.41, 5.74) is 4.78. The summed E-state index contributed by atoms with van der Waals surface area (Å²) in [6.45, 7) is 4.78. The Kier molecular flexibility index (Phi) is 7.94. The Hall–Kier alpha value is -2.94. The molecular weight excluding hydrogens is 378 g/mol. The molecule has 1 aromatic carbocycles. The smallest absolute Gasteiger partial charge is 0.331 e. The van der Waals surface area contributed by atoms with Gasteiger partial charge in [-0.1, -0.05) is 44.2 Å². The second-order valence-corrected chi connectivity index (χ2v) is 7.16. The van der Waals surface area contributed by atoms with Crippen molar-refractivity contribution in [2.24, 2.45) is 5.92 Å². The van der Waals surface area contributed by atoms with E-state index >= 15 is 0 Å². The number of rotatable bonds is 7. The molecule has 2 rings (SSSR count). The van der Waals surface area contributed by atoms with Crippen molar-refractivity contribution in [3.8, 4) is 0 Å². The van der Waals surface area contributed by atoms with Gasteiger partial charge in [0.2, 0.25) is 0 Å². The number of thiocarbonyl (C=S) groups is 1. The molecule has 8 nitrogen and oxygen atoms in total. The summed E-state index contributed by atoms with van der Waals surface area (Å²) in [4.78, 5) is 36.7. The molecule has 9 heteroatoms. The predicted octanol–water partition coefficient (Wildman–Crippen LogP) is 0.600. The minimum Gasteiger partial charge on any atom is -0.361 e. The van der Waals surface area contributed by atoms with Gasteiger partial charge in [0.05, 0.1) is 6.54 Å². The Balaban J connectivity index is 1.96. The zero-order valence-corrected chi connectivity index (χ0v) is 16.8. The summed E-state index contributed by atoms with van der Waals surface area (Å²) in [5, 5.41) is 3.24. The van der Waals surface area contributed by atoms with Gasteiger partial charge < -0.3 is 5.32 Å². The fraction of sp³-hybridized carbons (Fsp3) is 0.368. The normalized spacial score (nSPS) is 10.5. The molecule has 0 aliphatic rings. The largest absolute Gasteiger partial charge is 0.361 e. The molecule has 0 saturated carbocycles. The van der Waals surface area contributed by atoms with Crippen LogP contribution in [0.3, 0.4) is 0 Å². The maximum atomic E-state index is 12.6. The molecular formula is C19H25N5O3S. The monoisotopic (exact) mass is 403 g/mol. The van der Waals surface area contributed by atoms with Crippen LogP contribution in [0.25, 0.3) is 0 Å². The molecule has 0 aliphatic carbocycles. The molecule has 2 aromatic rings. The third-order valence-corrected chi connectivity index (χ3v) is 4.21. The number of nitrogens with zero attached hydrogens (tertiary/aromatic N) is 2. The highest BCUT2D eigenvalue weighted by atomic mass is 32.1. The highest BCUT2D eigenvalue weighted by molar-refractivity contribution is 7.80. The number of aromatic nitrogens is 2. The summed E-state index contributed by atoms with van der Waals surface area (Å²) in [6, 6.07) is 10.6. The van der Waals surface area contributed by atoms with Crippen LogP contribution in [0.2, 0.25) is 0 Å². The molecule has 0 unspecified atom stereocenters. The third kappa shape index (κ3) is 6.66. The lowest BCUT2D eigenvalue weighted by Crippen LogP contribution is -2.50. The van der Waals surface area contributed by atoms with Crippen LogP contribution in [0, 0.1) is 5.92 Å². The average molecular weight is 404 g/mol. The molecule has 1 aromatic heterocycles. The van der Waals surface area contributed by atoms with Crippen LogP contribution in [0.15, 0.2) is 52.2 Å². The van der Waals surface area contributed by atoms with Crippen molar-refractivity contribution in [1.82, 2.24) is 25.3 Å². The number of amides is 1. The summed E-state index contributed by atoms with van der Waals surface area (Å²) >= 11 is 5.06. The number of hydrogen-bond donors (Lipinski definition) is 3. The van der Waals surface area contributed by atoms with Crippen molar-refractivity contribution in [2.75, 3.05) is 6.54 Å². The third-order valence-electron chi connectivity index (χ3n) is 3.96. The first-order valence-electron chi connectivity index (χ1n) is 9.03. The average Bonchev–Trinajstić information content (AvgIpc) is 2.66. The van der Waals surface area contributed by atoms with Crippen LogP contribution in [0.4, 0.5) is 0 Å². The number of carbonyl (C=O) groups is 1. The number of benzene rings is 1. The van der Waals surface area contributed by atoms with Crippen LogP contribution < -0.4 is 27.4 Å². The molecule has 1 heterocycles. The van der Waals surface area contributed by atoms with Gasteiger partial charge in [-0.3, -0.25) is 29.6 Å². The molecule has 150 valence electrons. The van der Waals surface area contributed by atoms with E-state index in [1.165, 1.54) is 16.8 Å². The predicted molar refractivity (Wildman–Crippen MR) is 112 cm³/mol. The topological polar surface area (TPSA) is 97.2 Å². The Bertz CT molecular complexity index is 921. The van der Waals surface area contributed by atoms with E-state index < -0.39 is 23.7 Å². The van der Waals surface area contributed by atoms with Gasteiger partial charge in [0.25, 0.3) is 11.5 Å². The Morgan fingerprint density at radius 2 is 1.82 bits per heavy atom. The highest BCUT2D eigenvalue weighted by Gasteiger charge is 2.10. The fourth-order valence-electron chi connectivity index (χ4n) is 2.43. The molecule has 0 radical (unpaired) electrons. The second kappa shape index (κ2) is 10.4. The maximum absolute atomic E-state index is 12.6. The van der Waals surface area contributed by atoms with Crippen molar-refractivity contribution in [2.45, 2.75) is 33.4 Å². The van der Waals surface area contributed by atoms with Crippen molar-refractivity contribution in [3.63, 3.8) is 0 Å². The van der Waals surface area contributed by atoms with Gasteiger partial charge in [-0.25, -0.2) is 4.79 Å². The first kappa shape index (κ1) is 21.4. The molecule has 0 atom stereocenters. The van der Waals surface area contributed by atoms with Crippen LogP contribution in [-0.2, 0) is 17.9 Å². The van der Waals surface area contributed by atoms with Crippen molar-refractivity contribution in [1.29, 1.82) is 0 Å². The van der Waals surface area contributed by atoms with E-state index in [-0.39, 0.29) is 5.11 Å². The Morgan fingerprint density at radius 1 is 1.11 bits per heavy atom. The summed E-state index contributed by atoms with van der Waals surface area (Å²) in [5.74, 6) is -0.0161. The Morgan fingerprint density at radius 3 is 2.50 bits per heavy atom. The van der Waals surface area contributed by atoms with Gasteiger partial charge in [0, 0.05) is 18.8 Å². The van der Waals surface area contributed by atoms with Gasteiger partial charge in [0.15, 0.2) is 5.11 Å². The maximum Gasteiger partial charge on any atom is 0.331 e. The van der Waals surface area contributed by atoms with Crippen molar-refractivity contribution < 1.29 is 4.79 Å².